The van der Waals surface area contributed by atoms with Gasteiger partial charge in [-0.1, -0.05) is 18.5 Å². The fraction of sp³-hybridized carbons (Fsp3) is 0.545. The van der Waals surface area contributed by atoms with Gasteiger partial charge < -0.3 is 5.32 Å². The maximum absolute atomic E-state index is 10.9. The number of aromatic nitrogens is 2. The van der Waals surface area contributed by atoms with Crippen LogP contribution >= 0.6 is 11.6 Å². The van der Waals surface area contributed by atoms with E-state index in [2.05, 4.69) is 22.2 Å². The minimum absolute atomic E-state index is 0.214. The summed E-state index contributed by atoms with van der Waals surface area (Å²) in [7, 11) is 0. The zero-order valence-corrected chi connectivity index (χ0v) is 10.1. The van der Waals surface area contributed by atoms with Crippen molar-refractivity contribution in [1.82, 2.24) is 9.97 Å². The van der Waals surface area contributed by atoms with Gasteiger partial charge in [-0.2, -0.15) is 0 Å². The highest BCUT2D eigenvalue weighted by atomic mass is 35.5. The predicted octanol–water partition coefficient (Wildman–Crippen LogP) is 2.46. The van der Waals surface area contributed by atoms with Gasteiger partial charge in [0, 0.05) is 6.54 Å². The molecule has 1 N–H and O–H groups in total. The van der Waals surface area contributed by atoms with Gasteiger partial charge in [-0.25, -0.2) is 9.97 Å². The van der Waals surface area contributed by atoms with Gasteiger partial charge in [0.15, 0.2) is 6.29 Å². The third-order valence-electron chi connectivity index (χ3n) is 2.91. The number of hydrogen-bond donors (Lipinski definition) is 1. The molecule has 0 bridgehead atoms. The van der Waals surface area contributed by atoms with Gasteiger partial charge in [0.05, 0.1) is 5.56 Å². The first-order valence-electron chi connectivity index (χ1n) is 5.27. The highest BCUT2D eigenvalue weighted by Crippen LogP contribution is 2.44. The summed E-state index contributed by atoms with van der Waals surface area (Å²) in [5.74, 6) is 1.11. The van der Waals surface area contributed by atoms with Crippen LogP contribution in [0.4, 0.5) is 5.82 Å². The molecule has 0 radical (unpaired) electrons. The molecule has 5 heteroatoms. The Kier molecular flexibility index (Phi) is 2.84. The molecule has 0 unspecified atom stereocenters. The number of nitrogens with one attached hydrogen (secondary N) is 1. The van der Waals surface area contributed by atoms with Crippen molar-refractivity contribution in [3.8, 4) is 0 Å². The van der Waals surface area contributed by atoms with Crippen LogP contribution in [0.25, 0.3) is 0 Å². The smallest absolute Gasteiger partial charge is 0.156 e. The summed E-state index contributed by atoms with van der Waals surface area (Å²) in [6.45, 7) is 4.78. The Bertz CT molecular complexity index is 429. The van der Waals surface area contributed by atoms with Crippen molar-refractivity contribution in [2.75, 3.05) is 11.9 Å². The summed E-state index contributed by atoms with van der Waals surface area (Å²) in [5.41, 5.74) is 0.697. The molecular weight excluding hydrogens is 226 g/mol. The number of carbonyl (C=O) groups is 1. The molecule has 1 aromatic heterocycles. The highest BCUT2D eigenvalue weighted by molar-refractivity contribution is 6.32. The van der Waals surface area contributed by atoms with E-state index in [1.165, 1.54) is 12.8 Å². The first-order valence-corrected chi connectivity index (χ1v) is 5.65. The van der Waals surface area contributed by atoms with E-state index in [0.29, 0.717) is 28.9 Å². The second-order valence-electron chi connectivity index (χ2n) is 4.61. The van der Waals surface area contributed by atoms with Gasteiger partial charge in [0.1, 0.15) is 16.8 Å². The molecule has 1 heterocycles. The lowest BCUT2D eigenvalue weighted by atomic mass is 10.1. The number of halogens is 1. The van der Waals surface area contributed by atoms with Crippen LogP contribution in [-0.2, 0) is 0 Å². The minimum Gasteiger partial charge on any atom is -0.369 e. The van der Waals surface area contributed by atoms with Crippen molar-refractivity contribution in [1.29, 1.82) is 0 Å². The molecule has 0 aromatic carbocycles. The molecule has 0 spiro atoms. The van der Waals surface area contributed by atoms with Crippen LogP contribution in [0.2, 0.25) is 5.15 Å². The number of aryl methyl sites for hydroxylation is 1. The van der Waals surface area contributed by atoms with Crippen molar-refractivity contribution in [3.05, 3.63) is 16.5 Å². The quantitative estimate of drug-likeness (QED) is 0.648. The Morgan fingerprint density at radius 1 is 1.50 bits per heavy atom. The van der Waals surface area contributed by atoms with Gasteiger partial charge in [-0.3, -0.25) is 4.79 Å². The highest BCUT2D eigenvalue weighted by Gasteiger charge is 2.37. The van der Waals surface area contributed by atoms with Crippen molar-refractivity contribution < 1.29 is 4.79 Å². The molecule has 4 nitrogen and oxygen atoms in total. The van der Waals surface area contributed by atoms with Gasteiger partial charge >= 0.3 is 0 Å². The Hall–Kier alpha value is -1.16. The lowest BCUT2D eigenvalue weighted by Gasteiger charge is -2.12. The molecule has 0 saturated heterocycles. The van der Waals surface area contributed by atoms with Gasteiger partial charge in [0.2, 0.25) is 0 Å². The van der Waals surface area contributed by atoms with E-state index in [-0.39, 0.29) is 5.15 Å². The zero-order chi connectivity index (χ0) is 11.8. The molecule has 16 heavy (non-hydrogen) atoms. The first-order chi connectivity index (χ1) is 7.54. The van der Waals surface area contributed by atoms with Gasteiger partial charge in [0.25, 0.3) is 0 Å². The van der Waals surface area contributed by atoms with Crippen molar-refractivity contribution in [3.63, 3.8) is 0 Å². The van der Waals surface area contributed by atoms with Gasteiger partial charge in [-0.05, 0) is 25.2 Å². The number of nitrogens with zero attached hydrogens (tertiary/aromatic N) is 2. The number of carbonyl (C=O) groups excluding carboxylic acids is 1. The summed E-state index contributed by atoms with van der Waals surface area (Å²) in [6.07, 6.45) is 3.13. The van der Waals surface area contributed by atoms with Crippen LogP contribution in [0.15, 0.2) is 0 Å². The number of hydrogen-bond acceptors (Lipinski definition) is 4. The average molecular weight is 240 g/mol. The minimum atomic E-state index is 0.214. The van der Waals surface area contributed by atoms with E-state index in [1.807, 2.05) is 0 Å². The molecule has 1 aromatic rings. The third kappa shape index (κ3) is 2.32. The Morgan fingerprint density at radius 3 is 2.75 bits per heavy atom. The molecule has 1 fully saturated rings. The number of aldehydes is 1. The third-order valence-corrected chi connectivity index (χ3v) is 3.20. The second kappa shape index (κ2) is 4.01. The lowest BCUT2D eigenvalue weighted by molar-refractivity contribution is 0.112. The normalized spacial score (nSPS) is 16.9. The van der Waals surface area contributed by atoms with E-state index in [1.54, 1.807) is 6.92 Å². The Labute approximate surface area is 99.4 Å². The lowest BCUT2D eigenvalue weighted by Crippen LogP contribution is -2.15. The SMILES string of the molecule is Cc1nc(Cl)c(C=O)c(NCC2(C)CC2)n1. The summed E-state index contributed by atoms with van der Waals surface area (Å²) < 4.78 is 0. The topological polar surface area (TPSA) is 54.9 Å². The monoisotopic (exact) mass is 239 g/mol. The number of anilines is 1. The fourth-order valence-electron chi connectivity index (χ4n) is 1.47. The second-order valence-corrected chi connectivity index (χ2v) is 4.96. The van der Waals surface area contributed by atoms with Crippen LogP contribution in [-0.4, -0.2) is 22.8 Å². The van der Waals surface area contributed by atoms with E-state index in [4.69, 9.17) is 11.6 Å². The zero-order valence-electron chi connectivity index (χ0n) is 9.38. The van der Waals surface area contributed by atoms with Crippen molar-refractivity contribution >= 4 is 23.7 Å². The molecule has 0 atom stereocenters. The molecule has 1 aliphatic rings. The van der Waals surface area contributed by atoms with Crippen LogP contribution < -0.4 is 5.32 Å². The molecule has 0 amide bonds. The van der Waals surface area contributed by atoms with Gasteiger partial charge in [-0.15, -0.1) is 0 Å². The molecule has 0 aliphatic heterocycles. The average Bonchev–Trinajstić information content (AvgIpc) is 2.94. The predicted molar refractivity (Wildman–Crippen MR) is 63.0 cm³/mol. The summed E-state index contributed by atoms with van der Waals surface area (Å²) in [5, 5.41) is 3.40. The van der Waals surface area contributed by atoms with Crippen molar-refractivity contribution in [2.24, 2.45) is 5.41 Å². The maximum Gasteiger partial charge on any atom is 0.156 e. The summed E-state index contributed by atoms with van der Waals surface area (Å²) in [4.78, 5) is 19.0. The molecule has 1 aliphatic carbocycles. The van der Waals surface area contributed by atoms with E-state index in [9.17, 15) is 4.79 Å². The molecular formula is C11H14ClN3O. The van der Waals surface area contributed by atoms with Crippen LogP contribution in [0.1, 0.15) is 35.9 Å². The standard InChI is InChI=1S/C11H14ClN3O/c1-7-14-9(12)8(5-16)10(15-7)13-6-11(2)3-4-11/h5H,3-4,6H2,1-2H3,(H,13,14,15). The summed E-state index contributed by atoms with van der Waals surface area (Å²) in [6, 6.07) is 0. The molecule has 1 saturated carbocycles. The molecule has 2 rings (SSSR count). The van der Waals surface area contributed by atoms with Crippen molar-refractivity contribution in [2.45, 2.75) is 26.7 Å². The van der Waals surface area contributed by atoms with Crippen LogP contribution in [0.5, 0.6) is 0 Å². The fourth-order valence-corrected chi connectivity index (χ4v) is 1.73. The van der Waals surface area contributed by atoms with E-state index < -0.39 is 0 Å². The van der Waals surface area contributed by atoms with E-state index in [0.717, 1.165) is 6.54 Å². The Morgan fingerprint density at radius 2 is 2.19 bits per heavy atom. The van der Waals surface area contributed by atoms with Crippen LogP contribution in [0, 0.1) is 12.3 Å². The van der Waals surface area contributed by atoms with Crippen LogP contribution in [0.3, 0.4) is 0 Å². The Balaban J connectivity index is 2.20. The molecule has 86 valence electrons. The summed E-state index contributed by atoms with van der Waals surface area (Å²) >= 11 is 5.88. The number of rotatable bonds is 4. The maximum atomic E-state index is 10.9. The first kappa shape index (κ1) is 11.3. The van der Waals surface area contributed by atoms with E-state index >= 15 is 0 Å². The largest absolute Gasteiger partial charge is 0.369 e.